The predicted octanol–water partition coefficient (Wildman–Crippen LogP) is 2.21. The third-order valence-electron chi connectivity index (χ3n) is 4.27. The quantitative estimate of drug-likeness (QED) is 0.784. The van der Waals surface area contributed by atoms with Crippen molar-refractivity contribution in [3.63, 3.8) is 0 Å². The van der Waals surface area contributed by atoms with Crippen LogP contribution in [0.1, 0.15) is 16.1 Å². The second kappa shape index (κ2) is 6.43. The van der Waals surface area contributed by atoms with Crippen LogP contribution < -0.4 is 14.8 Å². The van der Waals surface area contributed by atoms with Crippen LogP contribution in [0.25, 0.3) is 11.0 Å². The molecule has 2 aromatic heterocycles. The zero-order valence-corrected chi connectivity index (χ0v) is 13.7. The van der Waals surface area contributed by atoms with Crippen molar-refractivity contribution < 1.29 is 18.8 Å². The van der Waals surface area contributed by atoms with Gasteiger partial charge in [-0.15, -0.1) is 0 Å². The number of rotatable bonds is 4. The molecular weight excluding hydrogens is 322 g/mol. The Hall–Kier alpha value is -3.09. The minimum atomic E-state index is -0.295. The van der Waals surface area contributed by atoms with E-state index >= 15 is 0 Å². The Bertz CT molecular complexity index is 922. The van der Waals surface area contributed by atoms with Crippen molar-refractivity contribution in [2.75, 3.05) is 20.3 Å². The largest absolute Gasteiger partial charge is 0.497 e. The highest BCUT2D eigenvalue weighted by Crippen LogP contribution is 2.30. The number of ether oxygens (including phenoxy) is 2. The summed E-state index contributed by atoms with van der Waals surface area (Å²) in [5, 5.41) is 7.30. The van der Waals surface area contributed by atoms with Crippen LogP contribution in [0.4, 0.5) is 0 Å². The maximum absolute atomic E-state index is 12.4. The molecule has 7 heteroatoms. The lowest BCUT2D eigenvalue weighted by atomic mass is 9.96. The number of fused-ring (bicyclic) bond motifs is 2. The molecular formula is C18H17N3O4. The van der Waals surface area contributed by atoms with E-state index in [-0.39, 0.29) is 17.6 Å². The number of amides is 1. The molecule has 0 saturated carbocycles. The van der Waals surface area contributed by atoms with Gasteiger partial charge in [-0.1, -0.05) is 11.2 Å². The molecule has 1 aliphatic rings. The first-order valence-corrected chi connectivity index (χ1v) is 8.03. The SMILES string of the molecule is COc1ccc2c(c1)OCC(CNC(=O)c1onc3ncccc13)C2. The first-order valence-electron chi connectivity index (χ1n) is 8.03. The van der Waals surface area contributed by atoms with E-state index in [1.807, 2.05) is 18.2 Å². The fourth-order valence-electron chi connectivity index (χ4n) is 2.94. The topological polar surface area (TPSA) is 86.5 Å². The van der Waals surface area contributed by atoms with Crippen molar-refractivity contribution in [2.24, 2.45) is 5.92 Å². The Kier molecular flexibility index (Phi) is 3.97. The minimum Gasteiger partial charge on any atom is -0.497 e. The summed E-state index contributed by atoms with van der Waals surface area (Å²) in [6, 6.07) is 9.31. The van der Waals surface area contributed by atoms with Crippen molar-refractivity contribution in [1.82, 2.24) is 15.5 Å². The molecule has 1 atom stereocenters. The third-order valence-corrected chi connectivity index (χ3v) is 4.27. The van der Waals surface area contributed by atoms with Crippen molar-refractivity contribution in [3.8, 4) is 11.5 Å². The highest BCUT2D eigenvalue weighted by molar-refractivity contribution is 6.02. The second-order valence-electron chi connectivity index (χ2n) is 5.95. The first-order chi connectivity index (χ1) is 12.2. The second-order valence-corrected chi connectivity index (χ2v) is 5.95. The number of nitrogens with one attached hydrogen (secondary N) is 1. The molecule has 3 aromatic rings. The number of pyridine rings is 1. The lowest BCUT2D eigenvalue weighted by Gasteiger charge is -2.25. The van der Waals surface area contributed by atoms with Gasteiger partial charge in [0.25, 0.3) is 5.91 Å². The Balaban J connectivity index is 1.41. The van der Waals surface area contributed by atoms with Crippen LogP contribution >= 0.6 is 0 Å². The summed E-state index contributed by atoms with van der Waals surface area (Å²) in [4.78, 5) is 16.4. The molecule has 1 unspecified atom stereocenters. The van der Waals surface area contributed by atoms with Gasteiger partial charge in [0.2, 0.25) is 11.4 Å². The molecule has 25 heavy (non-hydrogen) atoms. The monoisotopic (exact) mass is 339 g/mol. The smallest absolute Gasteiger partial charge is 0.290 e. The highest BCUT2D eigenvalue weighted by atomic mass is 16.5. The van der Waals surface area contributed by atoms with E-state index in [1.54, 1.807) is 25.4 Å². The van der Waals surface area contributed by atoms with Crippen LogP contribution in [0.3, 0.4) is 0 Å². The maximum atomic E-state index is 12.4. The van der Waals surface area contributed by atoms with Crippen LogP contribution in [-0.4, -0.2) is 36.3 Å². The lowest BCUT2D eigenvalue weighted by Crippen LogP contribution is -2.34. The van der Waals surface area contributed by atoms with E-state index in [0.29, 0.717) is 24.2 Å². The summed E-state index contributed by atoms with van der Waals surface area (Å²) in [5.74, 6) is 1.70. The van der Waals surface area contributed by atoms with Crippen LogP contribution in [0.15, 0.2) is 41.1 Å². The molecule has 0 fully saturated rings. The number of benzene rings is 1. The third kappa shape index (κ3) is 3.00. The molecule has 7 nitrogen and oxygen atoms in total. The highest BCUT2D eigenvalue weighted by Gasteiger charge is 2.23. The van der Waals surface area contributed by atoms with Crippen LogP contribution in [0.5, 0.6) is 11.5 Å². The first kappa shape index (κ1) is 15.4. The van der Waals surface area contributed by atoms with E-state index in [9.17, 15) is 4.79 Å². The maximum Gasteiger partial charge on any atom is 0.290 e. The van der Waals surface area contributed by atoms with E-state index in [4.69, 9.17) is 14.0 Å². The Morgan fingerprint density at radius 3 is 3.20 bits per heavy atom. The summed E-state index contributed by atoms with van der Waals surface area (Å²) < 4.78 is 16.1. The van der Waals surface area contributed by atoms with Gasteiger partial charge in [-0.2, -0.15) is 0 Å². The summed E-state index contributed by atoms with van der Waals surface area (Å²) in [7, 11) is 1.63. The van der Waals surface area contributed by atoms with Crippen LogP contribution in [0.2, 0.25) is 0 Å². The van der Waals surface area contributed by atoms with Crippen molar-refractivity contribution in [1.29, 1.82) is 0 Å². The van der Waals surface area contributed by atoms with Crippen molar-refractivity contribution in [3.05, 3.63) is 47.9 Å². The number of hydrogen-bond acceptors (Lipinski definition) is 6. The molecule has 1 aromatic carbocycles. The number of hydrogen-bond donors (Lipinski definition) is 1. The number of carbonyl (C=O) groups is 1. The summed E-state index contributed by atoms with van der Waals surface area (Å²) in [6.07, 6.45) is 2.44. The zero-order valence-electron chi connectivity index (χ0n) is 13.7. The predicted molar refractivity (Wildman–Crippen MR) is 89.8 cm³/mol. The van der Waals surface area contributed by atoms with Crippen molar-refractivity contribution >= 4 is 16.9 Å². The van der Waals surface area contributed by atoms with Gasteiger partial charge in [-0.3, -0.25) is 4.79 Å². The molecule has 1 aliphatic heterocycles. The molecule has 0 saturated heterocycles. The molecule has 0 bridgehead atoms. The fourth-order valence-corrected chi connectivity index (χ4v) is 2.94. The van der Waals surface area contributed by atoms with Gasteiger partial charge in [0.05, 0.1) is 19.1 Å². The number of methoxy groups -OCH3 is 1. The van der Waals surface area contributed by atoms with Crippen LogP contribution in [0, 0.1) is 5.92 Å². The van der Waals surface area contributed by atoms with E-state index in [1.165, 1.54) is 0 Å². The Labute approximate surface area is 143 Å². The van der Waals surface area contributed by atoms with Gasteiger partial charge in [0, 0.05) is 24.7 Å². The summed E-state index contributed by atoms with van der Waals surface area (Å²) in [6.45, 7) is 1.03. The molecule has 4 rings (SSSR count). The molecule has 1 amide bonds. The fraction of sp³-hybridized carbons (Fsp3) is 0.278. The van der Waals surface area contributed by atoms with Gasteiger partial charge in [-0.05, 0) is 30.2 Å². The Morgan fingerprint density at radius 2 is 2.32 bits per heavy atom. The Morgan fingerprint density at radius 1 is 1.40 bits per heavy atom. The van der Waals surface area contributed by atoms with Gasteiger partial charge in [0.15, 0.2) is 0 Å². The normalized spacial score (nSPS) is 16.1. The van der Waals surface area contributed by atoms with Gasteiger partial charge in [0.1, 0.15) is 11.5 Å². The zero-order chi connectivity index (χ0) is 17.2. The lowest BCUT2D eigenvalue weighted by molar-refractivity contribution is 0.0904. The van der Waals surface area contributed by atoms with Gasteiger partial charge in [-0.25, -0.2) is 4.98 Å². The molecule has 0 radical (unpaired) electrons. The average molecular weight is 339 g/mol. The van der Waals surface area contributed by atoms with E-state index in [2.05, 4.69) is 15.5 Å². The number of aromatic nitrogens is 2. The van der Waals surface area contributed by atoms with Gasteiger partial charge < -0.3 is 19.3 Å². The molecule has 128 valence electrons. The average Bonchev–Trinajstić information content (AvgIpc) is 3.09. The van der Waals surface area contributed by atoms with Crippen LogP contribution in [-0.2, 0) is 6.42 Å². The van der Waals surface area contributed by atoms with Gasteiger partial charge >= 0.3 is 0 Å². The molecule has 0 spiro atoms. The standard InChI is InChI=1S/C18H17N3O4/c1-23-13-5-4-12-7-11(10-24-15(12)8-13)9-20-18(22)16-14-3-2-6-19-17(14)21-25-16/h2-6,8,11H,7,9-10H2,1H3,(H,20,22). The molecule has 3 heterocycles. The summed E-state index contributed by atoms with van der Waals surface area (Å²) in [5.41, 5.74) is 1.54. The number of nitrogens with zero attached hydrogens (tertiary/aromatic N) is 2. The molecule has 0 aliphatic carbocycles. The van der Waals surface area contributed by atoms with E-state index < -0.39 is 0 Å². The van der Waals surface area contributed by atoms with Crippen molar-refractivity contribution in [2.45, 2.75) is 6.42 Å². The number of carbonyl (C=O) groups excluding carboxylic acids is 1. The summed E-state index contributed by atoms with van der Waals surface area (Å²) >= 11 is 0. The van der Waals surface area contributed by atoms with E-state index in [0.717, 1.165) is 23.5 Å². The minimum absolute atomic E-state index is 0.185. The molecule has 1 N–H and O–H groups in total.